The maximum Gasteiger partial charge on any atom is 0.251 e. The molecule has 0 unspecified atom stereocenters. The van der Waals surface area contributed by atoms with E-state index >= 15 is 0 Å². The molecule has 2 amide bonds. The molecule has 0 saturated carbocycles. The van der Waals surface area contributed by atoms with E-state index in [1.54, 1.807) is 36.4 Å². The molecule has 0 aliphatic carbocycles. The zero-order valence-electron chi connectivity index (χ0n) is 20.4. The molecule has 4 rings (SSSR count). The van der Waals surface area contributed by atoms with Crippen LogP contribution < -0.4 is 25.4 Å². The van der Waals surface area contributed by atoms with Gasteiger partial charge in [0.05, 0.1) is 12.2 Å². The first-order valence-electron chi connectivity index (χ1n) is 12.0. The van der Waals surface area contributed by atoms with Gasteiger partial charge in [0, 0.05) is 17.8 Å². The number of para-hydroxylation sites is 3. The number of rotatable bonds is 12. The summed E-state index contributed by atoms with van der Waals surface area (Å²) in [6.45, 7) is 1.25. The van der Waals surface area contributed by atoms with E-state index in [0.29, 0.717) is 36.8 Å². The zero-order chi connectivity index (χ0) is 25.7. The van der Waals surface area contributed by atoms with Gasteiger partial charge in [-0.1, -0.05) is 60.7 Å². The number of anilines is 2. The van der Waals surface area contributed by atoms with Gasteiger partial charge in [-0.2, -0.15) is 0 Å². The van der Waals surface area contributed by atoms with Gasteiger partial charge >= 0.3 is 0 Å². The van der Waals surface area contributed by atoms with Gasteiger partial charge < -0.3 is 25.4 Å². The van der Waals surface area contributed by atoms with Crippen LogP contribution in [0.25, 0.3) is 0 Å². The lowest BCUT2D eigenvalue weighted by atomic mass is 10.1. The van der Waals surface area contributed by atoms with Gasteiger partial charge in [0.1, 0.15) is 24.7 Å². The van der Waals surface area contributed by atoms with E-state index in [1.807, 2.05) is 72.8 Å². The van der Waals surface area contributed by atoms with Crippen molar-refractivity contribution in [2.45, 2.75) is 6.54 Å². The maximum absolute atomic E-state index is 12.5. The number of hydrogen-bond donors (Lipinski definition) is 3. The highest BCUT2D eigenvalue weighted by Gasteiger charge is 2.09. The quantitative estimate of drug-likeness (QED) is 0.237. The van der Waals surface area contributed by atoms with Crippen LogP contribution in [-0.2, 0) is 11.3 Å². The first kappa shape index (κ1) is 25.3. The van der Waals surface area contributed by atoms with E-state index in [2.05, 4.69) is 16.0 Å². The average molecular weight is 496 g/mol. The van der Waals surface area contributed by atoms with Gasteiger partial charge in [0.15, 0.2) is 0 Å². The summed E-state index contributed by atoms with van der Waals surface area (Å²) in [4.78, 5) is 24.9. The summed E-state index contributed by atoms with van der Waals surface area (Å²) in [5, 5.41) is 8.84. The fourth-order valence-corrected chi connectivity index (χ4v) is 3.52. The van der Waals surface area contributed by atoms with Crippen LogP contribution in [0.3, 0.4) is 0 Å². The van der Waals surface area contributed by atoms with Crippen molar-refractivity contribution >= 4 is 23.2 Å². The fraction of sp³-hybridized carbons (Fsp3) is 0.133. The number of amides is 2. The van der Waals surface area contributed by atoms with Crippen LogP contribution in [-0.4, -0.2) is 31.6 Å². The number of carbonyl (C=O) groups is 2. The zero-order valence-corrected chi connectivity index (χ0v) is 20.4. The van der Waals surface area contributed by atoms with Gasteiger partial charge in [-0.05, 0) is 54.1 Å². The lowest BCUT2D eigenvalue weighted by Crippen LogP contribution is -2.23. The largest absolute Gasteiger partial charge is 0.490 e. The van der Waals surface area contributed by atoms with Crippen LogP contribution in [0, 0.1) is 0 Å². The minimum Gasteiger partial charge on any atom is -0.490 e. The Labute approximate surface area is 216 Å². The Morgan fingerprint density at radius 1 is 0.676 bits per heavy atom. The van der Waals surface area contributed by atoms with Crippen LogP contribution in [0.4, 0.5) is 11.4 Å². The molecule has 0 heterocycles. The molecule has 4 aromatic carbocycles. The summed E-state index contributed by atoms with van der Waals surface area (Å²) in [5.74, 6) is 0.971. The minimum atomic E-state index is -0.221. The molecule has 188 valence electrons. The first-order valence-corrected chi connectivity index (χ1v) is 12.0. The highest BCUT2D eigenvalue weighted by molar-refractivity contribution is 5.96. The van der Waals surface area contributed by atoms with Crippen LogP contribution >= 0.6 is 0 Å². The minimum absolute atomic E-state index is 0.0605. The summed E-state index contributed by atoms with van der Waals surface area (Å²) in [6, 6.07) is 33.5. The highest BCUT2D eigenvalue weighted by atomic mass is 16.5. The van der Waals surface area contributed by atoms with Crippen molar-refractivity contribution in [1.82, 2.24) is 5.32 Å². The number of benzene rings is 4. The molecule has 7 nitrogen and oxygen atoms in total. The van der Waals surface area contributed by atoms with E-state index in [4.69, 9.17) is 9.47 Å². The third kappa shape index (κ3) is 8.14. The van der Waals surface area contributed by atoms with Crippen LogP contribution in [0.5, 0.6) is 11.5 Å². The summed E-state index contributed by atoms with van der Waals surface area (Å²) in [5.41, 5.74) is 2.90. The van der Waals surface area contributed by atoms with Crippen molar-refractivity contribution in [2.75, 3.05) is 30.4 Å². The molecule has 0 fully saturated rings. The summed E-state index contributed by atoms with van der Waals surface area (Å²) >= 11 is 0. The van der Waals surface area contributed by atoms with Crippen LogP contribution in [0.15, 0.2) is 109 Å². The number of hydrogen-bond acceptors (Lipinski definition) is 5. The van der Waals surface area contributed by atoms with Crippen molar-refractivity contribution in [3.8, 4) is 11.5 Å². The highest BCUT2D eigenvalue weighted by Crippen LogP contribution is 2.23. The summed E-state index contributed by atoms with van der Waals surface area (Å²) < 4.78 is 11.5. The third-order valence-corrected chi connectivity index (χ3v) is 5.41. The molecule has 37 heavy (non-hydrogen) atoms. The van der Waals surface area contributed by atoms with Crippen molar-refractivity contribution in [3.05, 3.63) is 120 Å². The molecule has 3 N–H and O–H groups in total. The third-order valence-electron chi connectivity index (χ3n) is 5.41. The molecule has 0 radical (unpaired) electrons. The van der Waals surface area contributed by atoms with Crippen molar-refractivity contribution in [3.63, 3.8) is 0 Å². The Morgan fingerprint density at radius 3 is 2.08 bits per heavy atom. The predicted molar refractivity (Wildman–Crippen MR) is 145 cm³/mol. The van der Waals surface area contributed by atoms with Gasteiger partial charge in [-0.25, -0.2) is 0 Å². The molecule has 0 aromatic heterocycles. The van der Waals surface area contributed by atoms with Gasteiger partial charge in [0.25, 0.3) is 5.91 Å². The molecule has 0 spiro atoms. The Bertz CT molecular complexity index is 1280. The molecule has 4 aromatic rings. The van der Waals surface area contributed by atoms with E-state index in [9.17, 15) is 9.59 Å². The number of carbonyl (C=O) groups excluding carboxylic acids is 2. The summed E-state index contributed by atoms with van der Waals surface area (Å²) in [6.07, 6.45) is 0. The molecular formula is C30H29N3O4. The van der Waals surface area contributed by atoms with Crippen molar-refractivity contribution in [1.29, 1.82) is 0 Å². The number of ether oxygens (including phenoxy) is 2. The van der Waals surface area contributed by atoms with Crippen molar-refractivity contribution < 1.29 is 19.1 Å². The Kier molecular flexibility index (Phi) is 9.13. The molecule has 7 heteroatoms. The predicted octanol–water partition coefficient (Wildman–Crippen LogP) is 5.13. The molecule has 0 atom stereocenters. The molecule has 0 bridgehead atoms. The normalized spacial score (nSPS) is 10.3. The smallest absolute Gasteiger partial charge is 0.251 e. The molecule has 0 aliphatic heterocycles. The lowest BCUT2D eigenvalue weighted by molar-refractivity contribution is -0.114. The van der Waals surface area contributed by atoms with Gasteiger partial charge in [-0.15, -0.1) is 0 Å². The Morgan fingerprint density at radius 2 is 1.32 bits per heavy atom. The molecule has 0 saturated heterocycles. The monoisotopic (exact) mass is 495 g/mol. The van der Waals surface area contributed by atoms with E-state index in [0.717, 1.165) is 17.0 Å². The van der Waals surface area contributed by atoms with Gasteiger partial charge in [-0.3, -0.25) is 9.59 Å². The average Bonchev–Trinajstić information content (AvgIpc) is 2.95. The Hall–Kier alpha value is -4.78. The first-order chi connectivity index (χ1) is 18.2. The standard InChI is InChI=1S/C30H29N3O4/c34-29(33-27-13-7-8-14-28(27)37-20-19-36-26-11-5-2-6-12-26)22-31-25-17-15-24(16-18-25)30(35)32-21-23-9-3-1-4-10-23/h1-18,31H,19-22H2,(H,32,35)(H,33,34). The summed E-state index contributed by atoms with van der Waals surface area (Å²) in [7, 11) is 0. The van der Waals surface area contributed by atoms with Gasteiger partial charge in [0.2, 0.25) is 5.91 Å². The van der Waals surface area contributed by atoms with Crippen LogP contribution in [0.2, 0.25) is 0 Å². The van der Waals surface area contributed by atoms with Crippen molar-refractivity contribution in [2.24, 2.45) is 0 Å². The second-order valence-corrected chi connectivity index (χ2v) is 8.15. The van der Waals surface area contributed by atoms with E-state index in [1.165, 1.54) is 0 Å². The second kappa shape index (κ2) is 13.3. The fourth-order valence-electron chi connectivity index (χ4n) is 3.52. The second-order valence-electron chi connectivity index (χ2n) is 8.15. The SMILES string of the molecule is O=C(CNc1ccc(C(=O)NCc2ccccc2)cc1)Nc1ccccc1OCCOc1ccccc1. The Balaban J connectivity index is 1.21. The lowest BCUT2D eigenvalue weighted by Gasteiger charge is -2.13. The maximum atomic E-state index is 12.5. The van der Waals surface area contributed by atoms with E-state index < -0.39 is 0 Å². The van der Waals surface area contributed by atoms with E-state index in [-0.39, 0.29) is 18.4 Å². The van der Waals surface area contributed by atoms with Crippen LogP contribution in [0.1, 0.15) is 15.9 Å². The number of nitrogens with one attached hydrogen (secondary N) is 3. The molecular weight excluding hydrogens is 466 g/mol. The molecule has 0 aliphatic rings. The topological polar surface area (TPSA) is 88.7 Å².